The van der Waals surface area contributed by atoms with Crippen LogP contribution in [0.15, 0.2) is 16.6 Å². The van der Waals surface area contributed by atoms with Crippen LogP contribution in [0.2, 0.25) is 0 Å². The van der Waals surface area contributed by atoms with Crippen molar-refractivity contribution in [2.24, 2.45) is 5.92 Å². The van der Waals surface area contributed by atoms with E-state index in [1.807, 2.05) is 0 Å². The average molecular weight is 333 g/mol. The fourth-order valence-electron chi connectivity index (χ4n) is 2.05. The maximum Gasteiger partial charge on any atom is 0.293 e. The molecule has 0 spiro atoms. The molecule has 1 fully saturated rings. The Balaban J connectivity index is 2.09. The predicted molar refractivity (Wildman–Crippen MR) is 72.8 cm³/mol. The molecular formula is C12H14BrFN2O3. The van der Waals surface area contributed by atoms with Gasteiger partial charge in [-0.15, -0.1) is 0 Å². The van der Waals surface area contributed by atoms with E-state index in [2.05, 4.69) is 21.2 Å². The predicted octanol–water partition coefficient (Wildman–Crippen LogP) is 3.33. The van der Waals surface area contributed by atoms with Crippen LogP contribution in [-0.4, -0.2) is 24.7 Å². The van der Waals surface area contributed by atoms with Crippen molar-refractivity contribution in [1.82, 2.24) is 0 Å². The summed E-state index contributed by atoms with van der Waals surface area (Å²) in [6, 6.07) is 2.32. The van der Waals surface area contributed by atoms with Crippen molar-refractivity contribution in [3.8, 4) is 0 Å². The second-order valence-corrected chi connectivity index (χ2v) is 5.36. The highest BCUT2D eigenvalue weighted by Gasteiger charge is 2.19. The highest BCUT2D eigenvalue weighted by molar-refractivity contribution is 9.10. The highest BCUT2D eigenvalue weighted by atomic mass is 79.9. The summed E-state index contributed by atoms with van der Waals surface area (Å²) in [7, 11) is 0. The number of nitro benzene ring substituents is 1. The Hall–Kier alpha value is -1.21. The van der Waals surface area contributed by atoms with Gasteiger partial charge in [-0.2, -0.15) is 0 Å². The Labute approximate surface area is 118 Å². The molecule has 0 saturated carbocycles. The zero-order chi connectivity index (χ0) is 13.8. The number of anilines is 1. The first-order chi connectivity index (χ1) is 9.08. The molecule has 1 aromatic rings. The van der Waals surface area contributed by atoms with Crippen molar-refractivity contribution in [3.05, 3.63) is 32.5 Å². The second kappa shape index (κ2) is 6.29. The minimum atomic E-state index is -0.524. The minimum Gasteiger partial charge on any atom is -0.381 e. The van der Waals surface area contributed by atoms with E-state index in [1.165, 1.54) is 6.07 Å². The lowest BCUT2D eigenvalue weighted by Crippen LogP contribution is -2.24. The largest absolute Gasteiger partial charge is 0.381 e. The minimum absolute atomic E-state index is 0.0887. The highest BCUT2D eigenvalue weighted by Crippen LogP contribution is 2.31. The lowest BCUT2D eigenvalue weighted by Gasteiger charge is -2.22. The van der Waals surface area contributed by atoms with Crippen LogP contribution in [0, 0.1) is 21.8 Å². The van der Waals surface area contributed by atoms with Crippen LogP contribution in [0.5, 0.6) is 0 Å². The van der Waals surface area contributed by atoms with E-state index in [1.54, 1.807) is 0 Å². The van der Waals surface area contributed by atoms with E-state index in [9.17, 15) is 14.5 Å². The van der Waals surface area contributed by atoms with Crippen LogP contribution in [0.4, 0.5) is 15.8 Å². The topological polar surface area (TPSA) is 64.4 Å². The first kappa shape index (κ1) is 14.2. The quantitative estimate of drug-likeness (QED) is 0.678. The van der Waals surface area contributed by atoms with Gasteiger partial charge in [0.1, 0.15) is 11.5 Å². The average Bonchev–Trinajstić information content (AvgIpc) is 2.40. The number of halogens is 2. The van der Waals surface area contributed by atoms with Gasteiger partial charge < -0.3 is 10.1 Å². The number of nitrogens with zero attached hydrogens (tertiary/aromatic N) is 1. The van der Waals surface area contributed by atoms with E-state index in [4.69, 9.17) is 4.74 Å². The number of benzene rings is 1. The van der Waals surface area contributed by atoms with Crippen molar-refractivity contribution in [3.63, 3.8) is 0 Å². The molecule has 19 heavy (non-hydrogen) atoms. The van der Waals surface area contributed by atoms with Gasteiger partial charge in [0, 0.05) is 25.3 Å². The van der Waals surface area contributed by atoms with Crippen LogP contribution in [0.1, 0.15) is 12.8 Å². The molecule has 5 nitrogen and oxygen atoms in total. The number of hydrogen-bond donors (Lipinski definition) is 1. The third-order valence-corrected chi connectivity index (χ3v) is 3.68. The van der Waals surface area contributed by atoms with E-state index in [0.717, 1.165) is 25.5 Å². The van der Waals surface area contributed by atoms with Crippen LogP contribution >= 0.6 is 15.9 Å². The van der Waals surface area contributed by atoms with Crippen LogP contribution in [-0.2, 0) is 4.74 Å². The van der Waals surface area contributed by atoms with Gasteiger partial charge in [0.05, 0.1) is 16.0 Å². The molecule has 0 aliphatic carbocycles. The Morgan fingerprint density at radius 1 is 1.58 bits per heavy atom. The summed E-state index contributed by atoms with van der Waals surface area (Å²) in [6.45, 7) is 1.95. The van der Waals surface area contributed by atoms with Gasteiger partial charge in [0.15, 0.2) is 0 Å². The number of nitrogens with one attached hydrogen (secondary N) is 1. The first-order valence-corrected chi connectivity index (χ1v) is 6.82. The SMILES string of the molecule is O=[N+]([O-])c1cc(Br)c(F)cc1NCC1CCCOC1. The summed E-state index contributed by atoms with van der Waals surface area (Å²) < 4.78 is 18.9. The summed E-state index contributed by atoms with van der Waals surface area (Å²) in [5.41, 5.74) is 0.0706. The smallest absolute Gasteiger partial charge is 0.293 e. The van der Waals surface area contributed by atoms with Crippen molar-refractivity contribution in [2.45, 2.75) is 12.8 Å². The molecule has 0 radical (unpaired) electrons. The summed E-state index contributed by atoms with van der Waals surface area (Å²) in [6.07, 6.45) is 2.00. The molecule has 104 valence electrons. The van der Waals surface area contributed by atoms with Crippen molar-refractivity contribution in [2.75, 3.05) is 25.1 Å². The van der Waals surface area contributed by atoms with Crippen LogP contribution in [0.25, 0.3) is 0 Å². The van der Waals surface area contributed by atoms with Gasteiger partial charge >= 0.3 is 0 Å². The van der Waals surface area contributed by atoms with Gasteiger partial charge in [-0.1, -0.05) is 0 Å². The fraction of sp³-hybridized carbons (Fsp3) is 0.500. The number of nitro groups is 1. The lowest BCUT2D eigenvalue weighted by atomic mass is 10.0. The van der Waals surface area contributed by atoms with E-state index in [-0.39, 0.29) is 15.8 Å². The molecule has 1 aromatic carbocycles. The molecule has 1 aliphatic rings. The summed E-state index contributed by atoms with van der Waals surface area (Å²) in [5, 5.41) is 13.9. The van der Waals surface area contributed by atoms with Crippen LogP contribution in [0.3, 0.4) is 0 Å². The molecule has 0 amide bonds. The van der Waals surface area contributed by atoms with Crippen LogP contribution < -0.4 is 5.32 Å². The second-order valence-electron chi connectivity index (χ2n) is 4.50. The molecule has 1 heterocycles. The van der Waals surface area contributed by atoms with E-state index in [0.29, 0.717) is 19.1 Å². The van der Waals surface area contributed by atoms with Gasteiger partial charge in [0.25, 0.3) is 5.69 Å². The summed E-state index contributed by atoms with van der Waals surface area (Å²) in [4.78, 5) is 10.4. The Kier molecular flexibility index (Phi) is 4.71. The number of hydrogen-bond acceptors (Lipinski definition) is 4. The van der Waals surface area contributed by atoms with E-state index < -0.39 is 10.7 Å². The Bertz CT molecular complexity index is 478. The molecule has 7 heteroatoms. The van der Waals surface area contributed by atoms with Crippen molar-refractivity contribution >= 4 is 27.3 Å². The maximum atomic E-state index is 13.5. The van der Waals surface area contributed by atoms with E-state index >= 15 is 0 Å². The first-order valence-electron chi connectivity index (χ1n) is 6.03. The molecule has 0 bridgehead atoms. The Morgan fingerprint density at radius 3 is 3.00 bits per heavy atom. The Morgan fingerprint density at radius 2 is 2.37 bits per heavy atom. The van der Waals surface area contributed by atoms with Gasteiger partial charge in [-0.05, 0) is 34.7 Å². The van der Waals surface area contributed by atoms with Crippen molar-refractivity contribution in [1.29, 1.82) is 0 Å². The van der Waals surface area contributed by atoms with Gasteiger partial charge in [0.2, 0.25) is 0 Å². The molecular weight excluding hydrogens is 319 g/mol. The zero-order valence-corrected chi connectivity index (χ0v) is 11.8. The van der Waals surface area contributed by atoms with Gasteiger partial charge in [-0.25, -0.2) is 4.39 Å². The third kappa shape index (κ3) is 3.63. The molecule has 1 saturated heterocycles. The zero-order valence-electron chi connectivity index (χ0n) is 10.2. The van der Waals surface area contributed by atoms with Gasteiger partial charge in [-0.3, -0.25) is 10.1 Å². The lowest BCUT2D eigenvalue weighted by molar-refractivity contribution is -0.384. The molecule has 1 atom stereocenters. The third-order valence-electron chi connectivity index (χ3n) is 3.07. The molecule has 1 N–H and O–H groups in total. The monoisotopic (exact) mass is 332 g/mol. The normalized spacial score (nSPS) is 19.2. The molecule has 1 aliphatic heterocycles. The fourth-order valence-corrected chi connectivity index (χ4v) is 2.38. The summed E-state index contributed by atoms with van der Waals surface area (Å²) >= 11 is 2.95. The number of rotatable bonds is 4. The molecule has 2 rings (SSSR count). The maximum absolute atomic E-state index is 13.5. The molecule has 1 unspecified atom stereocenters. The standard InChI is InChI=1S/C12H14BrFN2O3/c13-9-4-12(16(17)18)11(5-10(9)14)15-6-8-2-1-3-19-7-8/h4-5,8,15H,1-3,6-7H2. The molecule has 0 aromatic heterocycles. The number of ether oxygens (including phenoxy) is 1. The van der Waals surface area contributed by atoms with Crippen molar-refractivity contribution < 1.29 is 14.1 Å². The summed E-state index contributed by atoms with van der Waals surface area (Å²) in [5.74, 6) is -0.215.